The summed E-state index contributed by atoms with van der Waals surface area (Å²) < 4.78 is 22.4. The molecular weight excluding hydrogens is 322 g/mol. The number of aromatic nitrogens is 2. The van der Waals surface area contributed by atoms with Gasteiger partial charge in [-0.25, -0.2) is 0 Å². The van der Waals surface area contributed by atoms with Crippen molar-refractivity contribution in [2.24, 2.45) is 0 Å². The Labute approximate surface area is 149 Å². The minimum atomic E-state index is 0.345. The van der Waals surface area contributed by atoms with Gasteiger partial charge >= 0.3 is 0 Å². The van der Waals surface area contributed by atoms with E-state index >= 15 is 0 Å². The van der Waals surface area contributed by atoms with Crippen LogP contribution in [0.1, 0.15) is 32.6 Å². The molecule has 2 fully saturated rings. The largest absolute Gasteiger partial charge is 0.489 e. The Balaban J connectivity index is 1.41. The summed E-state index contributed by atoms with van der Waals surface area (Å²) in [6.45, 7) is 5.79. The molecule has 7 heteroatoms. The van der Waals surface area contributed by atoms with Gasteiger partial charge in [-0.05, 0) is 32.6 Å². The van der Waals surface area contributed by atoms with Crippen LogP contribution in [0.2, 0.25) is 0 Å². The van der Waals surface area contributed by atoms with Crippen molar-refractivity contribution in [1.82, 2.24) is 10.2 Å². The molecule has 0 unspecified atom stereocenters. The molecule has 0 amide bonds. The number of anilines is 1. The van der Waals surface area contributed by atoms with Crippen molar-refractivity contribution in [3.05, 3.63) is 12.3 Å². The fourth-order valence-corrected chi connectivity index (χ4v) is 3.31. The van der Waals surface area contributed by atoms with Crippen molar-refractivity contribution >= 4 is 5.82 Å². The Bertz CT molecular complexity index is 517. The van der Waals surface area contributed by atoms with E-state index in [1.807, 2.05) is 13.0 Å². The van der Waals surface area contributed by atoms with Gasteiger partial charge in [-0.1, -0.05) is 0 Å². The molecule has 140 valence electrons. The quantitative estimate of drug-likeness (QED) is 0.631. The van der Waals surface area contributed by atoms with Gasteiger partial charge in [0.2, 0.25) is 0 Å². The number of hydrogen-bond acceptors (Lipinski definition) is 7. The topological polar surface area (TPSA) is 65.9 Å². The minimum absolute atomic E-state index is 0.345. The minimum Gasteiger partial charge on any atom is -0.489 e. The maximum Gasteiger partial charge on any atom is 0.154 e. The van der Waals surface area contributed by atoms with Crippen LogP contribution in [-0.2, 0) is 14.2 Å². The standard InChI is InChI=1S/C18H29N3O4/c1-3-23-15-10-16(11-15)25-14-4-6-21(7-5-14)18-12-17(13-19-20-18)24-9-8-22-2/h12-16H,3-11H2,1-2H3. The molecule has 1 aromatic rings. The fraction of sp³-hybridized carbons (Fsp3) is 0.778. The lowest BCUT2D eigenvalue weighted by Crippen LogP contribution is -2.43. The molecule has 1 aliphatic carbocycles. The molecule has 0 spiro atoms. The Hall–Kier alpha value is -1.44. The second-order valence-electron chi connectivity index (χ2n) is 6.58. The lowest BCUT2D eigenvalue weighted by Gasteiger charge is -2.39. The van der Waals surface area contributed by atoms with E-state index in [0.717, 1.165) is 56.9 Å². The van der Waals surface area contributed by atoms with Gasteiger partial charge in [0, 0.05) is 32.9 Å². The number of methoxy groups -OCH3 is 1. The summed E-state index contributed by atoms with van der Waals surface area (Å²) in [6.07, 6.45) is 6.90. The van der Waals surface area contributed by atoms with Crippen LogP contribution in [0, 0.1) is 0 Å². The number of hydrogen-bond donors (Lipinski definition) is 0. The third-order valence-corrected chi connectivity index (χ3v) is 4.78. The van der Waals surface area contributed by atoms with Crippen molar-refractivity contribution in [3.8, 4) is 5.75 Å². The van der Waals surface area contributed by atoms with Gasteiger partial charge in [0.1, 0.15) is 12.4 Å². The van der Waals surface area contributed by atoms with E-state index in [1.165, 1.54) is 0 Å². The number of piperidine rings is 1. The van der Waals surface area contributed by atoms with Crippen LogP contribution in [0.4, 0.5) is 5.82 Å². The molecule has 0 radical (unpaired) electrons. The molecule has 0 N–H and O–H groups in total. The first-order chi connectivity index (χ1) is 12.3. The highest BCUT2D eigenvalue weighted by molar-refractivity contribution is 5.42. The third-order valence-electron chi connectivity index (χ3n) is 4.78. The predicted octanol–water partition coefficient (Wildman–Crippen LogP) is 2.05. The Morgan fingerprint density at radius 1 is 1.12 bits per heavy atom. The highest BCUT2D eigenvalue weighted by Crippen LogP contribution is 2.30. The predicted molar refractivity (Wildman–Crippen MR) is 94.2 cm³/mol. The van der Waals surface area contributed by atoms with Crippen LogP contribution in [0.15, 0.2) is 12.3 Å². The van der Waals surface area contributed by atoms with Crippen molar-refractivity contribution in [1.29, 1.82) is 0 Å². The summed E-state index contributed by atoms with van der Waals surface area (Å²) in [4.78, 5) is 2.25. The van der Waals surface area contributed by atoms with Crippen LogP contribution in [0.5, 0.6) is 5.75 Å². The molecule has 25 heavy (non-hydrogen) atoms. The molecule has 0 bridgehead atoms. The molecule has 0 aromatic carbocycles. The highest BCUT2D eigenvalue weighted by Gasteiger charge is 2.33. The number of nitrogens with zero attached hydrogens (tertiary/aromatic N) is 3. The zero-order chi connectivity index (χ0) is 17.5. The van der Waals surface area contributed by atoms with Crippen LogP contribution < -0.4 is 9.64 Å². The van der Waals surface area contributed by atoms with Crippen LogP contribution >= 0.6 is 0 Å². The molecule has 2 aliphatic rings. The van der Waals surface area contributed by atoms with Crippen molar-refractivity contribution < 1.29 is 18.9 Å². The van der Waals surface area contributed by atoms with Crippen LogP contribution in [0.3, 0.4) is 0 Å². The summed E-state index contributed by atoms with van der Waals surface area (Å²) in [6, 6.07) is 1.95. The van der Waals surface area contributed by atoms with E-state index in [0.29, 0.717) is 31.5 Å². The molecular formula is C18H29N3O4. The molecule has 1 saturated carbocycles. The van der Waals surface area contributed by atoms with E-state index in [4.69, 9.17) is 18.9 Å². The summed E-state index contributed by atoms with van der Waals surface area (Å²) >= 11 is 0. The first-order valence-electron chi connectivity index (χ1n) is 9.25. The lowest BCUT2D eigenvalue weighted by molar-refractivity contribution is -0.127. The monoisotopic (exact) mass is 351 g/mol. The van der Waals surface area contributed by atoms with Gasteiger partial charge in [-0.15, -0.1) is 5.10 Å². The van der Waals surface area contributed by atoms with E-state index in [-0.39, 0.29) is 0 Å². The summed E-state index contributed by atoms with van der Waals surface area (Å²) in [5.41, 5.74) is 0. The van der Waals surface area contributed by atoms with E-state index in [1.54, 1.807) is 13.3 Å². The molecule has 1 saturated heterocycles. The van der Waals surface area contributed by atoms with E-state index in [2.05, 4.69) is 15.1 Å². The zero-order valence-electron chi connectivity index (χ0n) is 15.2. The summed E-state index contributed by atoms with van der Waals surface area (Å²) in [5, 5.41) is 8.29. The van der Waals surface area contributed by atoms with E-state index in [9.17, 15) is 0 Å². The van der Waals surface area contributed by atoms with Gasteiger partial charge in [0.05, 0.1) is 31.1 Å². The normalized spacial score (nSPS) is 24.2. The van der Waals surface area contributed by atoms with Crippen molar-refractivity contribution in [3.63, 3.8) is 0 Å². The van der Waals surface area contributed by atoms with Gasteiger partial charge in [-0.3, -0.25) is 0 Å². The second-order valence-corrected chi connectivity index (χ2v) is 6.58. The molecule has 3 rings (SSSR count). The third kappa shape index (κ3) is 5.26. The molecule has 0 atom stereocenters. The maximum atomic E-state index is 6.20. The van der Waals surface area contributed by atoms with Gasteiger partial charge < -0.3 is 23.8 Å². The highest BCUT2D eigenvalue weighted by atomic mass is 16.5. The Morgan fingerprint density at radius 3 is 2.64 bits per heavy atom. The summed E-state index contributed by atoms with van der Waals surface area (Å²) in [7, 11) is 1.66. The molecule has 2 heterocycles. The second kappa shape index (κ2) is 9.31. The smallest absolute Gasteiger partial charge is 0.154 e. The molecule has 1 aromatic heterocycles. The van der Waals surface area contributed by atoms with Crippen LogP contribution in [0.25, 0.3) is 0 Å². The van der Waals surface area contributed by atoms with Crippen LogP contribution in [-0.4, -0.2) is 68.5 Å². The van der Waals surface area contributed by atoms with Crippen molar-refractivity contribution in [2.45, 2.75) is 50.9 Å². The number of rotatable bonds is 9. The van der Waals surface area contributed by atoms with E-state index < -0.39 is 0 Å². The van der Waals surface area contributed by atoms with Gasteiger partial charge in [0.25, 0.3) is 0 Å². The summed E-state index contributed by atoms with van der Waals surface area (Å²) in [5.74, 6) is 1.60. The van der Waals surface area contributed by atoms with Crippen molar-refractivity contribution in [2.75, 3.05) is 44.9 Å². The lowest BCUT2D eigenvalue weighted by atomic mass is 9.91. The fourth-order valence-electron chi connectivity index (χ4n) is 3.31. The average molecular weight is 351 g/mol. The van der Waals surface area contributed by atoms with Gasteiger partial charge in [0.15, 0.2) is 5.82 Å². The Kier molecular flexibility index (Phi) is 6.84. The first kappa shape index (κ1) is 18.4. The maximum absolute atomic E-state index is 6.20. The van der Waals surface area contributed by atoms with Gasteiger partial charge in [-0.2, -0.15) is 5.10 Å². The zero-order valence-corrected chi connectivity index (χ0v) is 15.2. The molecule has 7 nitrogen and oxygen atoms in total. The Morgan fingerprint density at radius 2 is 1.92 bits per heavy atom. The number of ether oxygens (including phenoxy) is 4. The average Bonchev–Trinajstić information content (AvgIpc) is 2.61. The first-order valence-corrected chi connectivity index (χ1v) is 9.25. The SMILES string of the molecule is CCOC1CC(OC2CCN(c3cc(OCCOC)cnn3)CC2)C1. The molecule has 1 aliphatic heterocycles.